The summed E-state index contributed by atoms with van der Waals surface area (Å²) in [5.74, 6) is -1.44. The molecule has 0 aliphatic carbocycles. The molecule has 3 nitrogen and oxygen atoms in total. The molecule has 2 rings (SSSR count). The maximum absolute atomic E-state index is 12.9. The summed E-state index contributed by atoms with van der Waals surface area (Å²) in [7, 11) is 0. The maximum atomic E-state index is 12.9. The fourth-order valence-electron chi connectivity index (χ4n) is 1.68. The molecule has 1 aliphatic heterocycles. The van der Waals surface area contributed by atoms with Crippen LogP contribution in [-0.4, -0.2) is 11.8 Å². The lowest BCUT2D eigenvalue weighted by molar-refractivity contribution is -0.122. The number of benzene rings is 1. The lowest BCUT2D eigenvalue weighted by atomic mass is 10.1. The molecule has 0 saturated carbocycles. The van der Waals surface area contributed by atoms with Gasteiger partial charge in [0.1, 0.15) is 5.82 Å². The number of carbonyl (C=O) groups is 2. The van der Waals surface area contributed by atoms with Crippen molar-refractivity contribution in [2.75, 3.05) is 4.90 Å². The van der Waals surface area contributed by atoms with Crippen molar-refractivity contribution in [3.63, 3.8) is 0 Å². The molecule has 1 fully saturated rings. The molecule has 1 saturated heterocycles. The van der Waals surface area contributed by atoms with Crippen LogP contribution in [0, 0.1) is 11.7 Å². The minimum atomic E-state index is -0.572. The predicted octanol–water partition coefficient (Wildman–Crippen LogP) is 2.38. The van der Waals surface area contributed by atoms with E-state index in [2.05, 4.69) is 0 Å². The van der Waals surface area contributed by atoms with Crippen molar-refractivity contribution >= 4 is 29.1 Å². The van der Waals surface area contributed by atoms with Gasteiger partial charge in [-0.05, 0) is 18.2 Å². The highest BCUT2D eigenvalue weighted by atomic mass is 35.5. The van der Waals surface area contributed by atoms with E-state index in [4.69, 9.17) is 11.6 Å². The third kappa shape index (κ3) is 1.69. The van der Waals surface area contributed by atoms with Crippen molar-refractivity contribution in [2.24, 2.45) is 5.92 Å². The van der Waals surface area contributed by atoms with E-state index in [1.54, 1.807) is 6.92 Å². The van der Waals surface area contributed by atoms with Gasteiger partial charge in [0.15, 0.2) is 0 Å². The average Bonchev–Trinajstić information content (AvgIpc) is 2.47. The van der Waals surface area contributed by atoms with Crippen molar-refractivity contribution in [2.45, 2.75) is 13.3 Å². The van der Waals surface area contributed by atoms with E-state index in [9.17, 15) is 14.0 Å². The zero-order valence-electron chi connectivity index (χ0n) is 8.54. The number of amides is 2. The fourth-order valence-corrected chi connectivity index (χ4v) is 1.85. The second kappa shape index (κ2) is 3.87. The lowest BCUT2D eigenvalue weighted by Gasteiger charge is -2.14. The van der Waals surface area contributed by atoms with Crippen LogP contribution in [0.25, 0.3) is 0 Å². The Morgan fingerprint density at radius 1 is 1.44 bits per heavy atom. The number of nitrogens with zero attached hydrogens (tertiary/aromatic N) is 1. The molecule has 2 amide bonds. The molecule has 1 aromatic carbocycles. The summed E-state index contributed by atoms with van der Waals surface area (Å²) in [5.41, 5.74) is 0.325. The molecule has 1 unspecified atom stereocenters. The summed E-state index contributed by atoms with van der Waals surface area (Å²) >= 11 is 5.60. The molecule has 1 atom stereocenters. The third-order valence-corrected chi connectivity index (χ3v) is 2.82. The minimum absolute atomic E-state index is 0.0994. The molecule has 0 bridgehead atoms. The number of anilines is 1. The molecule has 1 aliphatic rings. The third-order valence-electron chi connectivity index (χ3n) is 2.53. The minimum Gasteiger partial charge on any atom is -0.274 e. The Morgan fingerprint density at radius 3 is 2.62 bits per heavy atom. The van der Waals surface area contributed by atoms with E-state index in [1.807, 2.05) is 0 Å². The summed E-state index contributed by atoms with van der Waals surface area (Å²) in [5, 5.41) is -0.0994. The number of carbonyl (C=O) groups excluding carboxylic acids is 2. The van der Waals surface area contributed by atoms with Crippen molar-refractivity contribution in [1.29, 1.82) is 0 Å². The Kier molecular flexibility index (Phi) is 2.68. The van der Waals surface area contributed by atoms with Crippen molar-refractivity contribution < 1.29 is 14.0 Å². The first-order chi connectivity index (χ1) is 7.50. The standard InChI is InChI=1S/C11H9ClFNO2/c1-6-4-10(15)14(11(6)16)7-2-3-9(13)8(12)5-7/h2-3,5-6H,4H2,1H3. The van der Waals surface area contributed by atoms with Gasteiger partial charge in [-0.3, -0.25) is 14.5 Å². The summed E-state index contributed by atoms with van der Waals surface area (Å²) in [6.07, 6.45) is 0.188. The quantitative estimate of drug-likeness (QED) is 0.708. The maximum Gasteiger partial charge on any atom is 0.237 e. The molecular weight excluding hydrogens is 233 g/mol. The van der Waals surface area contributed by atoms with Crippen molar-refractivity contribution in [3.05, 3.63) is 29.0 Å². The van der Waals surface area contributed by atoms with Crippen LogP contribution < -0.4 is 4.90 Å². The van der Waals surface area contributed by atoms with Gasteiger partial charge in [0, 0.05) is 12.3 Å². The van der Waals surface area contributed by atoms with Gasteiger partial charge in [-0.1, -0.05) is 18.5 Å². The zero-order valence-corrected chi connectivity index (χ0v) is 9.29. The van der Waals surface area contributed by atoms with E-state index in [-0.39, 0.29) is 29.2 Å². The number of hydrogen-bond donors (Lipinski definition) is 0. The van der Waals surface area contributed by atoms with Gasteiger partial charge >= 0.3 is 0 Å². The number of imide groups is 1. The van der Waals surface area contributed by atoms with E-state index < -0.39 is 5.82 Å². The molecule has 0 N–H and O–H groups in total. The molecule has 5 heteroatoms. The molecule has 16 heavy (non-hydrogen) atoms. The summed E-state index contributed by atoms with van der Waals surface area (Å²) in [4.78, 5) is 24.3. The summed E-state index contributed by atoms with van der Waals surface area (Å²) in [6.45, 7) is 1.69. The molecule has 0 spiro atoms. The largest absolute Gasteiger partial charge is 0.274 e. The highest BCUT2D eigenvalue weighted by Crippen LogP contribution is 2.29. The van der Waals surface area contributed by atoms with Crippen LogP contribution in [0.5, 0.6) is 0 Å². The highest BCUT2D eigenvalue weighted by Gasteiger charge is 2.36. The zero-order chi connectivity index (χ0) is 11.9. The molecule has 84 valence electrons. The molecule has 1 aromatic rings. The molecular formula is C11H9ClFNO2. The molecule has 1 heterocycles. The van der Waals surface area contributed by atoms with Gasteiger partial charge < -0.3 is 0 Å². The Labute approximate surface area is 96.8 Å². The highest BCUT2D eigenvalue weighted by molar-refractivity contribution is 6.31. The average molecular weight is 242 g/mol. The van der Waals surface area contributed by atoms with E-state index in [1.165, 1.54) is 12.1 Å². The van der Waals surface area contributed by atoms with Gasteiger partial charge in [0.2, 0.25) is 11.8 Å². The molecule has 0 aromatic heterocycles. The van der Waals surface area contributed by atoms with Crippen LogP contribution in [0.15, 0.2) is 18.2 Å². The first-order valence-electron chi connectivity index (χ1n) is 4.82. The fraction of sp³-hybridized carbons (Fsp3) is 0.273. The van der Waals surface area contributed by atoms with Crippen molar-refractivity contribution in [1.82, 2.24) is 0 Å². The number of rotatable bonds is 1. The van der Waals surface area contributed by atoms with Gasteiger partial charge in [-0.25, -0.2) is 4.39 Å². The Morgan fingerprint density at radius 2 is 2.12 bits per heavy atom. The normalized spacial score (nSPS) is 20.7. The first-order valence-corrected chi connectivity index (χ1v) is 5.20. The van der Waals surface area contributed by atoms with Crippen LogP contribution in [0.4, 0.5) is 10.1 Å². The lowest BCUT2D eigenvalue weighted by Crippen LogP contribution is -2.29. The predicted molar refractivity (Wildman–Crippen MR) is 57.7 cm³/mol. The van der Waals surface area contributed by atoms with E-state index in [0.29, 0.717) is 5.69 Å². The first kappa shape index (κ1) is 11.1. The van der Waals surface area contributed by atoms with Crippen LogP contribution in [0.2, 0.25) is 5.02 Å². The second-order valence-electron chi connectivity index (χ2n) is 3.77. The van der Waals surface area contributed by atoms with Crippen LogP contribution >= 0.6 is 11.6 Å². The van der Waals surface area contributed by atoms with Gasteiger partial charge in [-0.2, -0.15) is 0 Å². The SMILES string of the molecule is CC1CC(=O)N(c2ccc(F)c(Cl)c2)C1=O. The van der Waals surface area contributed by atoms with Gasteiger partial charge in [0.25, 0.3) is 0 Å². The Bertz CT molecular complexity index is 475. The summed E-state index contributed by atoms with van der Waals surface area (Å²) < 4.78 is 12.9. The van der Waals surface area contributed by atoms with Gasteiger partial charge in [-0.15, -0.1) is 0 Å². The monoisotopic (exact) mass is 241 g/mol. The molecule has 0 radical (unpaired) electrons. The Balaban J connectivity index is 2.41. The van der Waals surface area contributed by atoms with E-state index >= 15 is 0 Å². The Hall–Kier alpha value is -1.42. The second-order valence-corrected chi connectivity index (χ2v) is 4.18. The summed E-state index contributed by atoms with van der Waals surface area (Å²) in [6, 6.07) is 3.79. The number of hydrogen-bond acceptors (Lipinski definition) is 2. The topological polar surface area (TPSA) is 37.4 Å². The van der Waals surface area contributed by atoms with Crippen LogP contribution in [0.3, 0.4) is 0 Å². The smallest absolute Gasteiger partial charge is 0.237 e. The van der Waals surface area contributed by atoms with Crippen LogP contribution in [0.1, 0.15) is 13.3 Å². The van der Waals surface area contributed by atoms with Crippen LogP contribution in [-0.2, 0) is 9.59 Å². The van der Waals surface area contributed by atoms with Crippen molar-refractivity contribution in [3.8, 4) is 0 Å². The van der Waals surface area contributed by atoms with Gasteiger partial charge in [0.05, 0.1) is 10.7 Å². The van der Waals surface area contributed by atoms with E-state index in [0.717, 1.165) is 11.0 Å². The number of halogens is 2.